The maximum Gasteiger partial charge on any atom is 0.162 e. The molecular formula is C14H15FN2. The number of halogens is 1. The average Bonchev–Trinajstić information content (AvgIpc) is 2.38. The van der Waals surface area contributed by atoms with Gasteiger partial charge in [0.25, 0.3) is 0 Å². The van der Waals surface area contributed by atoms with Crippen molar-refractivity contribution < 1.29 is 4.39 Å². The molecule has 0 aliphatic carbocycles. The summed E-state index contributed by atoms with van der Waals surface area (Å²) in [5.74, 6) is 0.164. The molecule has 3 heteroatoms. The fourth-order valence-corrected chi connectivity index (χ4v) is 1.65. The van der Waals surface area contributed by atoms with Crippen LogP contribution in [0.15, 0.2) is 36.7 Å². The summed E-state index contributed by atoms with van der Waals surface area (Å²) in [5, 5.41) is 0. The second kappa shape index (κ2) is 5.53. The molecule has 0 aliphatic heterocycles. The van der Waals surface area contributed by atoms with Gasteiger partial charge in [0.15, 0.2) is 5.82 Å². The van der Waals surface area contributed by atoms with E-state index in [1.165, 1.54) is 6.07 Å². The van der Waals surface area contributed by atoms with Crippen LogP contribution in [0.3, 0.4) is 0 Å². The van der Waals surface area contributed by atoms with Crippen molar-refractivity contribution in [2.24, 2.45) is 0 Å². The zero-order valence-electron chi connectivity index (χ0n) is 9.86. The lowest BCUT2D eigenvalue weighted by atomic mass is 10.1. The molecule has 0 saturated heterocycles. The summed E-state index contributed by atoms with van der Waals surface area (Å²) in [5.41, 5.74) is 1.56. The molecule has 1 aromatic heterocycles. The van der Waals surface area contributed by atoms with Crippen LogP contribution in [0.25, 0.3) is 11.4 Å². The van der Waals surface area contributed by atoms with Crippen LogP contribution in [0.1, 0.15) is 25.3 Å². The molecule has 0 radical (unpaired) electrons. The van der Waals surface area contributed by atoms with Crippen LogP contribution in [0.4, 0.5) is 4.39 Å². The number of benzene rings is 1. The highest BCUT2D eigenvalue weighted by atomic mass is 19.1. The molecule has 0 bridgehead atoms. The van der Waals surface area contributed by atoms with Gasteiger partial charge in [0, 0.05) is 12.4 Å². The predicted octanol–water partition coefficient (Wildman–Crippen LogP) is 3.63. The van der Waals surface area contributed by atoms with E-state index < -0.39 is 0 Å². The van der Waals surface area contributed by atoms with E-state index >= 15 is 0 Å². The summed E-state index contributed by atoms with van der Waals surface area (Å²) >= 11 is 0. The quantitative estimate of drug-likeness (QED) is 0.801. The molecule has 0 unspecified atom stereocenters. The maximum atomic E-state index is 13.5. The van der Waals surface area contributed by atoms with Crippen molar-refractivity contribution >= 4 is 0 Å². The van der Waals surface area contributed by atoms with Gasteiger partial charge in [-0.15, -0.1) is 0 Å². The molecule has 0 spiro atoms. The molecule has 0 fully saturated rings. The molecule has 2 rings (SSSR count). The third-order valence-electron chi connectivity index (χ3n) is 2.64. The maximum absolute atomic E-state index is 13.5. The molecule has 0 aliphatic rings. The molecule has 0 saturated carbocycles. The van der Waals surface area contributed by atoms with Crippen molar-refractivity contribution in [1.82, 2.24) is 9.97 Å². The first-order chi connectivity index (χ1) is 8.31. The van der Waals surface area contributed by atoms with Gasteiger partial charge in [-0.3, -0.25) is 0 Å². The van der Waals surface area contributed by atoms with E-state index in [0.29, 0.717) is 11.4 Å². The minimum atomic E-state index is -0.284. The second-order valence-corrected chi connectivity index (χ2v) is 4.00. The first kappa shape index (κ1) is 11.7. The van der Waals surface area contributed by atoms with Gasteiger partial charge in [0.2, 0.25) is 0 Å². The number of aryl methyl sites for hydroxylation is 1. The molecular weight excluding hydrogens is 215 g/mol. The van der Waals surface area contributed by atoms with Crippen molar-refractivity contribution in [2.75, 3.05) is 0 Å². The fraction of sp³-hybridized carbons (Fsp3) is 0.286. The van der Waals surface area contributed by atoms with Crippen molar-refractivity contribution in [3.8, 4) is 11.4 Å². The number of rotatable bonds is 4. The zero-order valence-corrected chi connectivity index (χ0v) is 9.86. The Morgan fingerprint density at radius 1 is 1.12 bits per heavy atom. The SMILES string of the molecule is CCCCc1cnc(-c2ccccc2F)nc1. The zero-order chi connectivity index (χ0) is 12.1. The lowest BCUT2D eigenvalue weighted by Crippen LogP contribution is -1.94. The molecule has 0 atom stereocenters. The lowest BCUT2D eigenvalue weighted by molar-refractivity contribution is 0.630. The van der Waals surface area contributed by atoms with E-state index in [2.05, 4.69) is 16.9 Å². The molecule has 2 nitrogen and oxygen atoms in total. The van der Waals surface area contributed by atoms with Gasteiger partial charge >= 0.3 is 0 Å². The predicted molar refractivity (Wildman–Crippen MR) is 66.0 cm³/mol. The fourth-order valence-electron chi connectivity index (χ4n) is 1.65. The van der Waals surface area contributed by atoms with Gasteiger partial charge in [-0.1, -0.05) is 25.5 Å². The summed E-state index contributed by atoms with van der Waals surface area (Å²) in [6, 6.07) is 6.56. The number of aromatic nitrogens is 2. The van der Waals surface area contributed by atoms with Crippen LogP contribution in [0.2, 0.25) is 0 Å². The van der Waals surface area contributed by atoms with Crippen LogP contribution in [0, 0.1) is 5.82 Å². The minimum absolute atomic E-state index is 0.284. The van der Waals surface area contributed by atoms with E-state index in [-0.39, 0.29) is 5.82 Å². The highest BCUT2D eigenvalue weighted by Gasteiger charge is 2.06. The Hall–Kier alpha value is -1.77. The minimum Gasteiger partial charge on any atom is -0.236 e. The number of nitrogens with zero attached hydrogens (tertiary/aromatic N) is 2. The van der Waals surface area contributed by atoms with Gasteiger partial charge < -0.3 is 0 Å². The van der Waals surface area contributed by atoms with Crippen LogP contribution in [-0.2, 0) is 6.42 Å². The molecule has 2 aromatic rings. The summed E-state index contributed by atoms with van der Waals surface area (Å²) in [6.07, 6.45) is 6.82. The van der Waals surface area contributed by atoms with Crippen LogP contribution < -0.4 is 0 Å². The monoisotopic (exact) mass is 230 g/mol. The summed E-state index contributed by atoms with van der Waals surface area (Å²) < 4.78 is 13.5. The molecule has 1 aromatic carbocycles. The lowest BCUT2D eigenvalue weighted by Gasteiger charge is -2.03. The number of hydrogen-bond donors (Lipinski definition) is 0. The van der Waals surface area contributed by atoms with Gasteiger partial charge in [-0.25, -0.2) is 14.4 Å². The van der Waals surface area contributed by atoms with E-state index in [9.17, 15) is 4.39 Å². The van der Waals surface area contributed by atoms with Crippen molar-refractivity contribution in [3.05, 3.63) is 48.0 Å². The van der Waals surface area contributed by atoms with Crippen LogP contribution >= 0.6 is 0 Å². The molecule has 17 heavy (non-hydrogen) atoms. The summed E-state index contributed by atoms with van der Waals surface area (Å²) in [6.45, 7) is 2.15. The highest BCUT2D eigenvalue weighted by molar-refractivity contribution is 5.55. The Kier molecular flexibility index (Phi) is 3.81. The summed E-state index contributed by atoms with van der Waals surface area (Å²) in [4.78, 5) is 8.42. The van der Waals surface area contributed by atoms with Crippen molar-refractivity contribution in [2.45, 2.75) is 26.2 Å². The normalized spacial score (nSPS) is 10.5. The first-order valence-electron chi connectivity index (χ1n) is 5.87. The Morgan fingerprint density at radius 2 is 1.82 bits per heavy atom. The number of unbranched alkanes of at least 4 members (excludes halogenated alkanes) is 1. The first-order valence-corrected chi connectivity index (χ1v) is 5.87. The van der Waals surface area contributed by atoms with Crippen LogP contribution in [0.5, 0.6) is 0 Å². The average molecular weight is 230 g/mol. The largest absolute Gasteiger partial charge is 0.236 e. The third-order valence-corrected chi connectivity index (χ3v) is 2.64. The topological polar surface area (TPSA) is 25.8 Å². The van der Waals surface area contributed by atoms with E-state index in [1.54, 1.807) is 30.6 Å². The molecule has 0 amide bonds. The van der Waals surface area contributed by atoms with Crippen molar-refractivity contribution in [3.63, 3.8) is 0 Å². The second-order valence-electron chi connectivity index (χ2n) is 4.00. The standard InChI is InChI=1S/C14H15FN2/c1-2-3-6-11-9-16-14(17-10-11)12-7-4-5-8-13(12)15/h4-5,7-10H,2-3,6H2,1H3. The Labute approximate surface area is 101 Å². The van der Waals surface area contributed by atoms with E-state index in [4.69, 9.17) is 0 Å². The molecule has 0 N–H and O–H groups in total. The van der Waals surface area contributed by atoms with E-state index in [1.807, 2.05) is 0 Å². The summed E-state index contributed by atoms with van der Waals surface area (Å²) in [7, 11) is 0. The van der Waals surface area contributed by atoms with Crippen molar-refractivity contribution in [1.29, 1.82) is 0 Å². The highest BCUT2D eigenvalue weighted by Crippen LogP contribution is 2.18. The van der Waals surface area contributed by atoms with Crippen LogP contribution in [-0.4, -0.2) is 9.97 Å². The van der Waals surface area contributed by atoms with Gasteiger partial charge in [0.05, 0.1) is 5.56 Å². The Morgan fingerprint density at radius 3 is 2.47 bits per heavy atom. The number of hydrogen-bond acceptors (Lipinski definition) is 2. The molecule has 88 valence electrons. The smallest absolute Gasteiger partial charge is 0.162 e. The third kappa shape index (κ3) is 2.87. The van der Waals surface area contributed by atoms with Gasteiger partial charge in [-0.2, -0.15) is 0 Å². The Bertz CT molecular complexity index is 480. The van der Waals surface area contributed by atoms with E-state index in [0.717, 1.165) is 24.8 Å². The van der Waals surface area contributed by atoms with Gasteiger partial charge in [-0.05, 0) is 30.5 Å². The van der Waals surface area contributed by atoms with Gasteiger partial charge in [0.1, 0.15) is 5.82 Å². The molecule has 1 heterocycles. The Balaban J connectivity index is 2.21.